The van der Waals surface area contributed by atoms with E-state index in [1.807, 2.05) is 0 Å². The Labute approximate surface area is 172 Å². The highest BCUT2D eigenvalue weighted by Crippen LogP contribution is 2.17. The van der Waals surface area contributed by atoms with E-state index in [2.05, 4.69) is 5.43 Å². The van der Waals surface area contributed by atoms with E-state index >= 15 is 0 Å². The van der Waals surface area contributed by atoms with Gasteiger partial charge in [-0.3, -0.25) is 19.8 Å². The van der Waals surface area contributed by atoms with Crippen molar-refractivity contribution in [3.63, 3.8) is 0 Å². The first-order chi connectivity index (χ1) is 13.2. The lowest BCUT2D eigenvalue weighted by Gasteiger charge is -2.35. The van der Waals surface area contributed by atoms with Crippen molar-refractivity contribution in [3.8, 4) is 0 Å². The van der Waals surface area contributed by atoms with Gasteiger partial charge in [-0.1, -0.05) is 23.7 Å². The zero-order valence-electron chi connectivity index (χ0n) is 16.2. The van der Waals surface area contributed by atoms with Crippen molar-refractivity contribution in [3.05, 3.63) is 81.2 Å². The van der Waals surface area contributed by atoms with Crippen LogP contribution in [0.1, 0.15) is 41.5 Å². The molecule has 2 aromatic carbocycles. The number of para-hydroxylation sites is 1. The monoisotopic (exact) mass is 416 g/mol. The Morgan fingerprint density at radius 2 is 1.66 bits per heavy atom. The van der Waals surface area contributed by atoms with Crippen molar-refractivity contribution in [1.29, 1.82) is 0 Å². The third-order valence-corrected chi connectivity index (χ3v) is 4.36. The van der Waals surface area contributed by atoms with Gasteiger partial charge in [0.2, 0.25) is 5.43 Å². The van der Waals surface area contributed by atoms with Crippen molar-refractivity contribution in [2.24, 2.45) is 0 Å². The second-order valence-corrected chi connectivity index (χ2v) is 7.67. The summed E-state index contributed by atoms with van der Waals surface area (Å²) in [7, 11) is 0. The molecule has 152 valence electrons. The zero-order chi connectivity index (χ0) is 20.5. The summed E-state index contributed by atoms with van der Waals surface area (Å²) in [5.74, 6) is -1.15. The minimum absolute atomic E-state index is 0. The molecule has 8 heteroatoms. The van der Waals surface area contributed by atoms with Gasteiger partial charge in [-0.25, -0.2) is 5.01 Å². The quantitative estimate of drug-likeness (QED) is 0.646. The van der Waals surface area contributed by atoms with Crippen LogP contribution in [0.25, 0.3) is 11.0 Å². The molecule has 29 heavy (non-hydrogen) atoms. The summed E-state index contributed by atoms with van der Waals surface area (Å²) in [5, 5.41) is 1.92. The number of nitrogens with zero attached hydrogens (tertiary/aromatic N) is 1. The third-order valence-electron chi connectivity index (χ3n) is 4.10. The number of carbonyl (C=O) groups excluding carboxylic acids is 2. The summed E-state index contributed by atoms with van der Waals surface area (Å²) in [6.07, 6.45) is 1.13. The van der Waals surface area contributed by atoms with Crippen LogP contribution in [0.3, 0.4) is 0 Å². The number of hydrogen-bond acceptors (Lipinski definition) is 4. The molecule has 0 saturated carbocycles. The molecule has 0 aliphatic heterocycles. The molecule has 0 aliphatic carbocycles. The summed E-state index contributed by atoms with van der Waals surface area (Å²) < 4.78 is 5.44. The molecule has 3 N–H and O–H groups in total. The number of fused-ring (bicyclic) bond motifs is 1. The minimum atomic E-state index is -0.794. The van der Waals surface area contributed by atoms with Crippen LogP contribution in [0.5, 0.6) is 0 Å². The molecule has 3 rings (SSSR count). The normalized spacial score (nSPS) is 10.9. The first-order valence-electron chi connectivity index (χ1n) is 8.60. The summed E-state index contributed by atoms with van der Waals surface area (Å²) >= 11 is 5.85. The number of halogens is 1. The van der Waals surface area contributed by atoms with E-state index in [1.165, 1.54) is 0 Å². The highest BCUT2D eigenvalue weighted by molar-refractivity contribution is 6.30. The van der Waals surface area contributed by atoms with E-state index in [-0.39, 0.29) is 11.0 Å². The van der Waals surface area contributed by atoms with Crippen molar-refractivity contribution < 1.29 is 19.5 Å². The first kappa shape index (κ1) is 22.1. The molecule has 7 nitrogen and oxygen atoms in total. The molecule has 2 amide bonds. The van der Waals surface area contributed by atoms with Crippen LogP contribution in [0.15, 0.2) is 64.0 Å². The topological polar surface area (TPSA) is 111 Å². The molecular weight excluding hydrogens is 396 g/mol. The van der Waals surface area contributed by atoms with Gasteiger partial charge in [0.05, 0.1) is 10.9 Å². The highest BCUT2D eigenvalue weighted by Gasteiger charge is 2.31. The van der Waals surface area contributed by atoms with Crippen LogP contribution in [-0.4, -0.2) is 27.8 Å². The van der Waals surface area contributed by atoms with Gasteiger partial charge in [-0.2, -0.15) is 0 Å². The molecule has 0 aliphatic rings. The number of hydrazine groups is 1. The van der Waals surface area contributed by atoms with Crippen molar-refractivity contribution >= 4 is 34.4 Å². The lowest BCUT2D eigenvalue weighted by Crippen LogP contribution is -2.56. The van der Waals surface area contributed by atoms with Gasteiger partial charge < -0.3 is 9.89 Å². The van der Waals surface area contributed by atoms with E-state index in [0.717, 1.165) is 11.3 Å². The Morgan fingerprint density at radius 1 is 1.03 bits per heavy atom. The fraction of sp³-hybridized carbons (Fsp3) is 0.190. The fourth-order valence-electron chi connectivity index (χ4n) is 2.64. The van der Waals surface area contributed by atoms with E-state index in [9.17, 15) is 14.4 Å². The Hall–Kier alpha value is -3.16. The summed E-state index contributed by atoms with van der Waals surface area (Å²) in [6, 6.07) is 12.9. The fourth-order valence-corrected chi connectivity index (χ4v) is 2.76. The molecule has 0 unspecified atom stereocenters. The Morgan fingerprint density at radius 3 is 2.28 bits per heavy atom. The summed E-state index contributed by atoms with van der Waals surface area (Å²) in [6.45, 7) is 5.24. The second-order valence-electron chi connectivity index (χ2n) is 7.23. The number of benzene rings is 2. The zero-order valence-corrected chi connectivity index (χ0v) is 16.9. The van der Waals surface area contributed by atoms with Gasteiger partial charge in [0.25, 0.3) is 11.8 Å². The van der Waals surface area contributed by atoms with Crippen molar-refractivity contribution in [2.45, 2.75) is 26.3 Å². The van der Waals surface area contributed by atoms with Crippen molar-refractivity contribution in [1.82, 2.24) is 10.4 Å². The minimum Gasteiger partial charge on any atom is -0.463 e. The van der Waals surface area contributed by atoms with E-state index in [4.69, 9.17) is 16.0 Å². The Kier molecular flexibility index (Phi) is 6.46. The molecule has 0 atom stereocenters. The largest absolute Gasteiger partial charge is 0.463 e. The molecule has 0 radical (unpaired) electrons. The maximum Gasteiger partial charge on any atom is 0.279 e. The van der Waals surface area contributed by atoms with Crippen molar-refractivity contribution in [2.75, 3.05) is 0 Å². The van der Waals surface area contributed by atoms with E-state index < -0.39 is 22.8 Å². The molecule has 0 saturated heterocycles. The Bertz CT molecular complexity index is 1100. The lowest BCUT2D eigenvalue weighted by molar-refractivity contribution is 0.0356. The lowest BCUT2D eigenvalue weighted by atomic mass is 10.1. The molecule has 0 bridgehead atoms. The Balaban J connectivity index is 0.00000300. The van der Waals surface area contributed by atoms with E-state index in [0.29, 0.717) is 21.6 Å². The van der Waals surface area contributed by atoms with Crippen LogP contribution < -0.4 is 10.9 Å². The standard InChI is InChI=1S/C21H19ClN2O4.H2O/c1-21(2,3)24(23-19(26)13-8-10-14(22)11-9-13)20(27)16-12-28-17-7-5-4-6-15(17)18(16)25;/h4-12H,1-3H3,(H,23,26);1H2. The third kappa shape index (κ3) is 4.64. The van der Waals surface area contributed by atoms with Gasteiger partial charge in [-0.15, -0.1) is 0 Å². The highest BCUT2D eigenvalue weighted by atomic mass is 35.5. The number of nitrogens with one attached hydrogen (secondary N) is 1. The first-order valence-corrected chi connectivity index (χ1v) is 8.98. The summed E-state index contributed by atoms with van der Waals surface area (Å²) in [4.78, 5) is 38.5. The predicted octanol–water partition coefficient (Wildman–Crippen LogP) is 3.21. The molecule has 0 spiro atoms. The number of amides is 2. The summed E-state index contributed by atoms with van der Waals surface area (Å²) in [5.41, 5.74) is 1.89. The molecule has 0 fully saturated rings. The average Bonchev–Trinajstić information content (AvgIpc) is 2.65. The smallest absolute Gasteiger partial charge is 0.279 e. The molecular formula is C21H21ClN2O5. The van der Waals surface area contributed by atoms with Crippen LogP contribution in [0.4, 0.5) is 0 Å². The SMILES string of the molecule is CC(C)(C)N(NC(=O)c1ccc(Cl)cc1)C(=O)c1coc2ccccc2c1=O.O. The maximum atomic E-state index is 13.1. The molecule has 3 aromatic rings. The van der Waals surface area contributed by atoms with Crippen LogP contribution >= 0.6 is 11.6 Å². The number of rotatable bonds is 2. The van der Waals surface area contributed by atoms with Gasteiger partial charge in [-0.05, 0) is 57.2 Å². The van der Waals surface area contributed by atoms with Crippen LogP contribution in [0.2, 0.25) is 5.02 Å². The maximum absolute atomic E-state index is 13.1. The number of carbonyl (C=O) groups is 2. The molecule has 1 heterocycles. The second kappa shape index (κ2) is 8.46. The van der Waals surface area contributed by atoms with Gasteiger partial charge >= 0.3 is 0 Å². The van der Waals surface area contributed by atoms with Gasteiger partial charge in [0.15, 0.2) is 0 Å². The average molecular weight is 417 g/mol. The van der Waals surface area contributed by atoms with Crippen LogP contribution in [-0.2, 0) is 0 Å². The molecule has 1 aromatic heterocycles. The van der Waals surface area contributed by atoms with Crippen LogP contribution in [0, 0.1) is 0 Å². The van der Waals surface area contributed by atoms with Gasteiger partial charge in [0, 0.05) is 10.6 Å². The number of hydrogen-bond donors (Lipinski definition) is 1. The van der Waals surface area contributed by atoms with E-state index in [1.54, 1.807) is 69.3 Å². The predicted molar refractivity (Wildman–Crippen MR) is 111 cm³/mol. The van der Waals surface area contributed by atoms with Gasteiger partial charge in [0.1, 0.15) is 17.4 Å².